The van der Waals surface area contributed by atoms with Gasteiger partial charge in [-0.2, -0.15) is 41.1 Å². The monoisotopic (exact) mass is 460 g/mol. The Bertz CT molecular complexity index is 1290. The molecule has 0 radical (unpaired) electrons. The van der Waals surface area contributed by atoms with Gasteiger partial charge >= 0.3 is 12.4 Å². The minimum Gasteiger partial charge on any atom is -0.486 e. The van der Waals surface area contributed by atoms with Crippen LogP contribution in [0.25, 0.3) is 17.0 Å². The highest BCUT2D eigenvalue weighted by molar-refractivity contribution is 5.63. The van der Waals surface area contributed by atoms with Crippen LogP contribution in [0.2, 0.25) is 0 Å². The van der Waals surface area contributed by atoms with Crippen molar-refractivity contribution in [1.82, 2.24) is 29.4 Å². The van der Waals surface area contributed by atoms with Gasteiger partial charge in [0.25, 0.3) is 5.78 Å². The number of alkyl halides is 6. The van der Waals surface area contributed by atoms with Crippen LogP contribution in [-0.2, 0) is 26.0 Å². The van der Waals surface area contributed by atoms with E-state index in [-0.39, 0.29) is 28.3 Å². The Balaban J connectivity index is 1.64. The van der Waals surface area contributed by atoms with Gasteiger partial charge in [-0.1, -0.05) is 0 Å². The van der Waals surface area contributed by atoms with E-state index in [4.69, 9.17) is 4.74 Å². The SMILES string of the molecule is Cn1cc(COc2cc(-c3cnc4nc(C(F)(F)F)cnn34)ccc2F)c(C(F)(F)F)n1. The van der Waals surface area contributed by atoms with Crippen molar-refractivity contribution in [3.05, 3.63) is 59.6 Å². The average Bonchev–Trinajstić information content (AvgIpc) is 3.29. The van der Waals surface area contributed by atoms with Gasteiger partial charge in [-0.15, -0.1) is 0 Å². The van der Waals surface area contributed by atoms with E-state index in [1.54, 1.807) is 0 Å². The molecule has 0 N–H and O–H groups in total. The van der Waals surface area contributed by atoms with Gasteiger partial charge in [0, 0.05) is 24.4 Å². The van der Waals surface area contributed by atoms with Crippen LogP contribution in [0, 0.1) is 5.82 Å². The van der Waals surface area contributed by atoms with E-state index in [1.807, 2.05) is 0 Å². The normalized spacial score (nSPS) is 12.5. The zero-order valence-electron chi connectivity index (χ0n) is 15.9. The summed E-state index contributed by atoms with van der Waals surface area (Å²) in [6, 6.07) is 3.45. The maximum Gasteiger partial charge on any atom is 0.435 e. The summed E-state index contributed by atoms with van der Waals surface area (Å²) in [4.78, 5) is 7.16. The van der Waals surface area contributed by atoms with E-state index in [0.717, 1.165) is 21.5 Å². The Hall–Kier alpha value is -3.71. The minimum atomic E-state index is -4.72. The lowest BCUT2D eigenvalue weighted by Gasteiger charge is -2.10. The molecule has 0 saturated carbocycles. The number of ether oxygens (including phenoxy) is 1. The summed E-state index contributed by atoms with van der Waals surface area (Å²) in [6.45, 7) is -0.620. The van der Waals surface area contributed by atoms with Gasteiger partial charge in [-0.25, -0.2) is 14.4 Å². The fraction of sp³-hybridized carbons (Fsp3) is 0.222. The van der Waals surface area contributed by atoms with Crippen LogP contribution in [0.3, 0.4) is 0 Å². The first-order valence-electron chi connectivity index (χ1n) is 8.74. The van der Waals surface area contributed by atoms with Crippen LogP contribution in [0.1, 0.15) is 17.0 Å². The van der Waals surface area contributed by atoms with E-state index in [2.05, 4.69) is 20.2 Å². The number of rotatable bonds is 4. The number of nitrogens with zero attached hydrogens (tertiary/aromatic N) is 6. The summed E-state index contributed by atoms with van der Waals surface area (Å²) in [5.74, 6) is -1.58. The summed E-state index contributed by atoms with van der Waals surface area (Å²) in [5, 5.41) is 7.02. The second-order valence-corrected chi connectivity index (χ2v) is 6.60. The lowest BCUT2D eigenvalue weighted by Crippen LogP contribution is -2.11. The Morgan fingerprint density at radius 3 is 2.47 bits per heavy atom. The molecule has 3 aromatic heterocycles. The number of aromatic nitrogens is 6. The van der Waals surface area contributed by atoms with Crippen LogP contribution in [0.5, 0.6) is 5.75 Å². The summed E-state index contributed by atoms with van der Waals surface area (Å²) in [5.41, 5.74) is -2.28. The van der Waals surface area contributed by atoms with E-state index in [0.29, 0.717) is 6.20 Å². The van der Waals surface area contributed by atoms with E-state index < -0.39 is 36.2 Å². The van der Waals surface area contributed by atoms with Gasteiger partial charge in [0.1, 0.15) is 6.61 Å². The summed E-state index contributed by atoms with van der Waals surface area (Å²) < 4.78 is 99.0. The van der Waals surface area contributed by atoms with Crippen LogP contribution < -0.4 is 4.74 Å². The molecule has 0 aliphatic heterocycles. The van der Waals surface area contributed by atoms with Crippen LogP contribution in [0.15, 0.2) is 36.8 Å². The molecule has 0 amide bonds. The van der Waals surface area contributed by atoms with Gasteiger partial charge in [-0.05, 0) is 18.2 Å². The molecule has 4 aromatic rings. The maximum atomic E-state index is 14.2. The molecule has 0 bridgehead atoms. The predicted molar refractivity (Wildman–Crippen MR) is 93.7 cm³/mol. The van der Waals surface area contributed by atoms with Crippen LogP contribution in [-0.4, -0.2) is 29.4 Å². The second kappa shape index (κ2) is 7.46. The molecule has 7 nitrogen and oxygen atoms in total. The smallest absolute Gasteiger partial charge is 0.435 e. The van der Waals surface area contributed by atoms with Crippen molar-refractivity contribution in [3.63, 3.8) is 0 Å². The molecule has 14 heteroatoms. The highest BCUT2D eigenvalue weighted by Gasteiger charge is 2.37. The van der Waals surface area contributed by atoms with Crippen molar-refractivity contribution >= 4 is 5.78 Å². The summed E-state index contributed by atoms with van der Waals surface area (Å²) in [7, 11) is 1.30. The van der Waals surface area contributed by atoms with E-state index in [9.17, 15) is 30.7 Å². The molecular formula is C18H11F7N6O. The quantitative estimate of drug-likeness (QED) is 0.426. The number of hydrogen-bond acceptors (Lipinski definition) is 5. The number of hydrogen-bond donors (Lipinski definition) is 0. The first-order chi connectivity index (χ1) is 14.9. The molecule has 0 unspecified atom stereocenters. The summed E-state index contributed by atoms with van der Waals surface area (Å²) in [6.07, 6.45) is -6.64. The van der Waals surface area contributed by atoms with E-state index >= 15 is 0 Å². The third-order valence-electron chi connectivity index (χ3n) is 4.31. The van der Waals surface area contributed by atoms with Gasteiger partial charge in [-0.3, -0.25) is 4.68 Å². The van der Waals surface area contributed by atoms with Crippen molar-refractivity contribution in [2.24, 2.45) is 7.05 Å². The zero-order chi connectivity index (χ0) is 23.3. The third-order valence-corrected chi connectivity index (χ3v) is 4.31. The van der Waals surface area contributed by atoms with Gasteiger partial charge < -0.3 is 4.74 Å². The number of fused-ring (bicyclic) bond motifs is 1. The molecule has 0 aliphatic rings. The molecule has 0 fully saturated rings. The molecule has 0 atom stereocenters. The maximum absolute atomic E-state index is 14.2. The molecule has 4 rings (SSSR count). The topological polar surface area (TPSA) is 70.1 Å². The number of imidazole rings is 1. The van der Waals surface area contributed by atoms with Crippen molar-refractivity contribution < 1.29 is 35.5 Å². The first kappa shape index (κ1) is 21.5. The molecule has 0 saturated heterocycles. The largest absolute Gasteiger partial charge is 0.486 e. The van der Waals surface area contributed by atoms with Crippen molar-refractivity contribution in [2.75, 3.05) is 0 Å². The van der Waals surface area contributed by atoms with Crippen LogP contribution in [0.4, 0.5) is 30.7 Å². The lowest BCUT2D eigenvalue weighted by atomic mass is 10.1. The standard InChI is InChI=1S/C18H11F7N6O/c1-30-7-10(15(29-30)18(23,24)25)8-32-13-4-9(2-3-11(13)19)12-5-26-16-28-14(17(20,21)22)6-27-31(12)16/h2-7H,8H2,1H3. The van der Waals surface area contributed by atoms with E-state index in [1.165, 1.54) is 25.4 Å². The third kappa shape index (κ3) is 4.07. The fourth-order valence-electron chi connectivity index (χ4n) is 2.92. The second-order valence-electron chi connectivity index (χ2n) is 6.60. The minimum absolute atomic E-state index is 0.170. The fourth-order valence-corrected chi connectivity index (χ4v) is 2.92. The molecule has 3 heterocycles. The van der Waals surface area contributed by atoms with Crippen molar-refractivity contribution in [1.29, 1.82) is 0 Å². The van der Waals surface area contributed by atoms with Crippen molar-refractivity contribution in [3.8, 4) is 17.0 Å². The Morgan fingerprint density at radius 2 is 1.78 bits per heavy atom. The predicted octanol–water partition coefficient (Wildman–Crippen LogP) is 4.28. The average molecular weight is 460 g/mol. The molecule has 1 aromatic carbocycles. The first-order valence-corrected chi connectivity index (χ1v) is 8.74. The van der Waals surface area contributed by atoms with Gasteiger partial charge in [0.15, 0.2) is 23.0 Å². The molecule has 0 spiro atoms. The highest BCUT2D eigenvalue weighted by atomic mass is 19.4. The lowest BCUT2D eigenvalue weighted by molar-refractivity contribution is -0.142. The Morgan fingerprint density at radius 1 is 1.03 bits per heavy atom. The number of halogens is 7. The molecule has 0 aliphatic carbocycles. The zero-order valence-corrected chi connectivity index (χ0v) is 15.9. The summed E-state index contributed by atoms with van der Waals surface area (Å²) >= 11 is 0. The number of benzene rings is 1. The molecular weight excluding hydrogens is 449 g/mol. The Kier molecular flexibility index (Phi) is 5.02. The van der Waals surface area contributed by atoms with Crippen LogP contribution >= 0.6 is 0 Å². The Labute approximate surface area is 174 Å². The molecule has 32 heavy (non-hydrogen) atoms. The highest BCUT2D eigenvalue weighted by Crippen LogP contribution is 2.33. The number of aryl methyl sites for hydroxylation is 1. The van der Waals surface area contributed by atoms with Crippen molar-refractivity contribution in [2.45, 2.75) is 19.0 Å². The molecule has 168 valence electrons. The van der Waals surface area contributed by atoms with Gasteiger partial charge in [0.2, 0.25) is 0 Å². The van der Waals surface area contributed by atoms with Gasteiger partial charge in [0.05, 0.1) is 18.1 Å².